The Morgan fingerprint density at radius 1 is 1.19 bits per heavy atom. The molecule has 0 spiro atoms. The van der Waals surface area contributed by atoms with Gasteiger partial charge in [-0.2, -0.15) is 13.2 Å². The minimum atomic E-state index is -5.22. The van der Waals surface area contributed by atoms with E-state index in [0.29, 0.717) is 12.8 Å². The molecule has 2 fully saturated rings. The van der Waals surface area contributed by atoms with E-state index in [1.807, 2.05) is 19.9 Å². The second-order valence-electron chi connectivity index (χ2n) is 11.2. The fourth-order valence-corrected chi connectivity index (χ4v) is 7.58. The molecular weight excluding hydrogens is 481 g/mol. The van der Waals surface area contributed by atoms with Gasteiger partial charge in [-0.1, -0.05) is 25.5 Å². The SMILES string of the molecule is CC(=O)OCC(=O)[C@@]1(O)CC[C@H]2[C@@H]3C=C(C)C4=CC(=O)CC[C@]4(C)[C@H]3C(OC(=O)C(F)(F)F)C[C@@]21C. The van der Waals surface area contributed by atoms with Crippen LogP contribution < -0.4 is 0 Å². The van der Waals surface area contributed by atoms with E-state index in [9.17, 15) is 37.5 Å². The second kappa shape index (κ2) is 8.53. The molecule has 0 aromatic rings. The van der Waals surface area contributed by atoms with Crippen LogP contribution in [0.25, 0.3) is 0 Å². The monoisotopic (exact) mass is 512 g/mol. The molecule has 0 aromatic heterocycles. The molecule has 2 saturated carbocycles. The second-order valence-corrected chi connectivity index (χ2v) is 11.2. The topological polar surface area (TPSA) is 107 Å². The number of carbonyl (C=O) groups is 4. The van der Waals surface area contributed by atoms with Crippen molar-refractivity contribution in [2.45, 2.75) is 77.7 Å². The van der Waals surface area contributed by atoms with Gasteiger partial charge in [-0.25, -0.2) is 4.79 Å². The fraction of sp³-hybridized carbons (Fsp3) is 0.692. The number of hydrogen-bond donors (Lipinski definition) is 1. The Balaban J connectivity index is 1.82. The Hall–Kier alpha value is -2.49. The summed E-state index contributed by atoms with van der Waals surface area (Å²) in [7, 11) is 0. The number of halogens is 3. The van der Waals surface area contributed by atoms with Crippen molar-refractivity contribution in [3.63, 3.8) is 0 Å². The van der Waals surface area contributed by atoms with E-state index in [4.69, 9.17) is 9.47 Å². The number of ketones is 2. The molecule has 10 heteroatoms. The molecule has 1 N–H and O–H groups in total. The molecular formula is C26H31F3O7. The maximum absolute atomic E-state index is 13.3. The van der Waals surface area contributed by atoms with Gasteiger partial charge in [0.05, 0.1) is 0 Å². The van der Waals surface area contributed by atoms with Crippen LogP contribution in [0.5, 0.6) is 0 Å². The minimum Gasteiger partial charge on any atom is -0.458 e. The summed E-state index contributed by atoms with van der Waals surface area (Å²) in [6.07, 6.45) is -2.14. The van der Waals surface area contributed by atoms with Gasteiger partial charge < -0.3 is 14.6 Å². The predicted molar refractivity (Wildman–Crippen MR) is 119 cm³/mol. The molecule has 1 unspecified atom stereocenters. The zero-order valence-electron chi connectivity index (χ0n) is 20.7. The Labute approximate surface area is 207 Å². The average Bonchev–Trinajstić information content (AvgIpc) is 3.04. The number of esters is 2. The highest BCUT2D eigenvalue weighted by Gasteiger charge is 2.69. The van der Waals surface area contributed by atoms with Crippen molar-refractivity contribution in [3.05, 3.63) is 23.3 Å². The van der Waals surface area contributed by atoms with E-state index in [0.717, 1.165) is 18.1 Å². The zero-order chi connectivity index (χ0) is 26.8. The highest BCUT2D eigenvalue weighted by Crippen LogP contribution is 2.67. The first-order chi connectivity index (χ1) is 16.5. The van der Waals surface area contributed by atoms with E-state index < -0.39 is 64.9 Å². The van der Waals surface area contributed by atoms with Gasteiger partial charge in [0.25, 0.3) is 0 Å². The summed E-state index contributed by atoms with van der Waals surface area (Å²) in [6.45, 7) is 5.85. The van der Waals surface area contributed by atoms with Crippen molar-refractivity contribution >= 4 is 23.5 Å². The first-order valence-electron chi connectivity index (χ1n) is 12.2. The third-order valence-corrected chi connectivity index (χ3v) is 9.26. The lowest BCUT2D eigenvalue weighted by Crippen LogP contribution is -2.62. The van der Waals surface area contributed by atoms with Gasteiger partial charge in [-0.3, -0.25) is 14.4 Å². The van der Waals surface area contributed by atoms with Crippen LogP contribution in [0.4, 0.5) is 13.2 Å². The molecule has 0 saturated heterocycles. The smallest absolute Gasteiger partial charge is 0.458 e. The quantitative estimate of drug-likeness (QED) is 0.574. The van der Waals surface area contributed by atoms with Crippen molar-refractivity contribution in [2.75, 3.05) is 6.61 Å². The first kappa shape index (κ1) is 26.6. The maximum Gasteiger partial charge on any atom is 0.490 e. The molecule has 0 aromatic carbocycles. The Morgan fingerprint density at radius 2 is 1.86 bits per heavy atom. The fourth-order valence-electron chi connectivity index (χ4n) is 7.58. The van der Waals surface area contributed by atoms with Crippen LogP contribution in [-0.4, -0.2) is 53.1 Å². The van der Waals surface area contributed by atoms with Crippen LogP contribution >= 0.6 is 0 Å². The lowest BCUT2D eigenvalue weighted by atomic mass is 9.46. The van der Waals surface area contributed by atoms with Crippen LogP contribution in [0, 0.1) is 28.6 Å². The van der Waals surface area contributed by atoms with Gasteiger partial charge in [-0.15, -0.1) is 0 Å². The molecule has 0 heterocycles. The average molecular weight is 513 g/mol. The lowest BCUT2D eigenvalue weighted by molar-refractivity contribution is -0.223. The van der Waals surface area contributed by atoms with Crippen molar-refractivity contribution in [3.8, 4) is 0 Å². The largest absolute Gasteiger partial charge is 0.490 e. The normalized spacial score (nSPS) is 39.7. The van der Waals surface area contributed by atoms with Crippen molar-refractivity contribution in [1.29, 1.82) is 0 Å². The predicted octanol–water partition coefficient (Wildman–Crippen LogP) is 3.63. The third kappa shape index (κ3) is 3.92. The van der Waals surface area contributed by atoms with E-state index in [-0.39, 0.29) is 31.0 Å². The molecule has 36 heavy (non-hydrogen) atoms. The summed E-state index contributed by atoms with van der Waals surface area (Å²) in [6, 6.07) is 0. The van der Waals surface area contributed by atoms with E-state index in [1.165, 1.54) is 6.08 Å². The van der Waals surface area contributed by atoms with Crippen molar-refractivity contribution in [2.24, 2.45) is 28.6 Å². The minimum absolute atomic E-state index is 0.0439. The van der Waals surface area contributed by atoms with Gasteiger partial charge in [0.15, 0.2) is 12.4 Å². The lowest BCUT2D eigenvalue weighted by Gasteiger charge is -2.59. The van der Waals surface area contributed by atoms with Crippen LogP contribution in [-0.2, 0) is 28.7 Å². The summed E-state index contributed by atoms with van der Waals surface area (Å²) in [5.74, 6) is -5.10. The Kier molecular flexibility index (Phi) is 6.30. The van der Waals surface area contributed by atoms with Gasteiger partial charge >= 0.3 is 18.1 Å². The van der Waals surface area contributed by atoms with E-state index in [2.05, 4.69) is 0 Å². The number of fused-ring (bicyclic) bond motifs is 5. The number of aliphatic hydroxyl groups is 1. The van der Waals surface area contributed by atoms with Crippen LogP contribution in [0.15, 0.2) is 23.3 Å². The first-order valence-corrected chi connectivity index (χ1v) is 12.2. The highest BCUT2D eigenvalue weighted by atomic mass is 19.4. The number of allylic oxidation sites excluding steroid dienone is 4. The van der Waals surface area contributed by atoms with Crippen LogP contribution in [0.2, 0.25) is 0 Å². The number of alkyl halides is 3. The summed E-state index contributed by atoms with van der Waals surface area (Å²) >= 11 is 0. The van der Waals surface area contributed by atoms with Crippen molar-refractivity contribution in [1.82, 2.24) is 0 Å². The van der Waals surface area contributed by atoms with Crippen LogP contribution in [0.3, 0.4) is 0 Å². The third-order valence-electron chi connectivity index (χ3n) is 9.26. The summed E-state index contributed by atoms with van der Waals surface area (Å²) < 4.78 is 49.8. The van der Waals surface area contributed by atoms with Crippen LogP contribution in [0.1, 0.15) is 59.8 Å². The molecule has 7 nitrogen and oxygen atoms in total. The number of hydrogen-bond acceptors (Lipinski definition) is 7. The standard InChI is InChI=1S/C26H31F3O7/c1-13-9-16-17-6-8-25(34,20(32)12-35-14(2)30)24(17,4)11-19(36-22(33)26(27,28)29)21(16)23(3)7-5-15(31)10-18(13)23/h9-10,16-17,19,21,34H,5-8,11-12H2,1-4H3/t16-,17-,19?,21+,23-,24-,25-/m0/s1. The molecule has 4 rings (SSSR count). The molecule has 7 atom stereocenters. The molecule has 198 valence electrons. The zero-order valence-corrected chi connectivity index (χ0v) is 20.7. The molecule has 0 aliphatic heterocycles. The summed E-state index contributed by atoms with van der Waals surface area (Å²) in [4.78, 5) is 48.6. The van der Waals surface area contributed by atoms with Gasteiger partial charge in [0.1, 0.15) is 11.7 Å². The molecule has 4 aliphatic rings. The number of Topliss-reactive ketones (excluding diaryl/α,β-unsaturated/α-hetero) is 1. The molecule has 0 bridgehead atoms. The van der Waals surface area contributed by atoms with E-state index in [1.54, 1.807) is 6.92 Å². The summed E-state index contributed by atoms with van der Waals surface area (Å²) in [5.41, 5.74) is -2.38. The molecule has 0 amide bonds. The van der Waals surface area contributed by atoms with Crippen molar-refractivity contribution < 1.29 is 46.9 Å². The number of ether oxygens (including phenoxy) is 2. The Morgan fingerprint density at radius 3 is 2.47 bits per heavy atom. The summed E-state index contributed by atoms with van der Waals surface area (Å²) in [5, 5.41) is 11.6. The molecule has 0 radical (unpaired) electrons. The maximum atomic E-state index is 13.3. The van der Waals surface area contributed by atoms with Gasteiger partial charge in [-0.05, 0) is 56.1 Å². The Bertz CT molecular complexity index is 1080. The molecule has 4 aliphatic carbocycles. The van der Waals surface area contributed by atoms with Gasteiger partial charge in [0, 0.05) is 30.1 Å². The number of carbonyl (C=O) groups excluding carboxylic acids is 4. The number of rotatable bonds is 4. The van der Waals surface area contributed by atoms with E-state index >= 15 is 0 Å². The van der Waals surface area contributed by atoms with Gasteiger partial charge in [0.2, 0.25) is 5.78 Å². The highest BCUT2D eigenvalue weighted by molar-refractivity contribution is 5.93.